The SMILES string of the molecule is CCCCCCCCNC(=O)c1cc(NC)ncc1Cl. The summed E-state index contributed by atoms with van der Waals surface area (Å²) >= 11 is 5.99. The Morgan fingerprint density at radius 3 is 2.65 bits per heavy atom. The highest BCUT2D eigenvalue weighted by Crippen LogP contribution is 2.17. The van der Waals surface area contributed by atoms with Gasteiger partial charge < -0.3 is 10.6 Å². The first-order valence-electron chi connectivity index (χ1n) is 7.30. The smallest absolute Gasteiger partial charge is 0.252 e. The number of pyridine rings is 1. The second-order valence-electron chi connectivity index (χ2n) is 4.82. The van der Waals surface area contributed by atoms with Gasteiger partial charge in [-0.05, 0) is 12.5 Å². The largest absolute Gasteiger partial charge is 0.373 e. The van der Waals surface area contributed by atoms with Gasteiger partial charge in [-0.15, -0.1) is 0 Å². The van der Waals surface area contributed by atoms with Gasteiger partial charge in [0, 0.05) is 19.8 Å². The van der Waals surface area contributed by atoms with Crippen LogP contribution in [0.3, 0.4) is 0 Å². The molecule has 0 aliphatic heterocycles. The van der Waals surface area contributed by atoms with Gasteiger partial charge in [0.15, 0.2) is 0 Å². The molecule has 0 aliphatic carbocycles. The monoisotopic (exact) mass is 297 g/mol. The Labute approximate surface area is 126 Å². The number of anilines is 1. The molecule has 1 rings (SSSR count). The number of carbonyl (C=O) groups is 1. The maximum Gasteiger partial charge on any atom is 0.252 e. The number of rotatable bonds is 9. The van der Waals surface area contributed by atoms with Crippen molar-refractivity contribution in [3.05, 3.63) is 22.8 Å². The number of halogens is 1. The Kier molecular flexibility index (Phi) is 8.04. The van der Waals surface area contributed by atoms with E-state index in [1.165, 1.54) is 31.9 Å². The van der Waals surface area contributed by atoms with Crippen LogP contribution in [0.2, 0.25) is 5.02 Å². The molecule has 1 amide bonds. The molecule has 5 heteroatoms. The fraction of sp³-hybridized carbons (Fsp3) is 0.600. The van der Waals surface area contributed by atoms with E-state index in [4.69, 9.17) is 11.6 Å². The normalized spacial score (nSPS) is 10.3. The molecule has 1 aromatic rings. The van der Waals surface area contributed by atoms with E-state index in [0.717, 1.165) is 12.8 Å². The lowest BCUT2D eigenvalue weighted by Crippen LogP contribution is -2.25. The van der Waals surface area contributed by atoms with Crippen LogP contribution in [0.4, 0.5) is 5.82 Å². The molecule has 112 valence electrons. The highest BCUT2D eigenvalue weighted by Gasteiger charge is 2.11. The summed E-state index contributed by atoms with van der Waals surface area (Å²) in [7, 11) is 1.76. The average molecular weight is 298 g/mol. The Balaban J connectivity index is 2.32. The maximum absolute atomic E-state index is 12.0. The van der Waals surface area contributed by atoms with Crippen molar-refractivity contribution in [2.75, 3.05) is 18.9 Å². The summed E-state index contributed by atoms with van der Waals surface area (Å²) in [4.78, 5) is 16.1. The molecule has 20 heavy (non-hydrogen) atoms. The van der Waals surface area contributed by atoms with E-state index in [-0.39, 0.29) is 5.91 Å². The molecule has 0 spiro atoms. The Bertz CT molecular complexity index is 424. The van der Waals surface area contributed by atoms with Crippen LogP contribution in [0.5, 0.6) is 0 Å². The van der Waals surface area contributed by atoms with Crippen molar-refractivity contribution in [2.45, 2.75) is 45.4 Å². The summed E-state index contributed by atoms with van der Waals surface area (Å²) < 4.78 is 0. The molecule has 0 radical (unpaired) electrons. The topological polar surface area (TPSA) is 54.0 Å². The second-order valence-corrected chi connectivity index (χ2v) is 5.23. The quantitative estimate of drug-likeness (QED) is 0.680. The lowest BCUT2D eigenvalue weighted by atomic mass is 10.1. The molecule has 0 saturated heterocycles. The van der Waals surface area contributed by atoms with E-state index in [1.807, 2.05) is 0 Å². The lowest BCUT2D eigenvalue weighted by Gasteiger charge is -2.08. The van der Waals surface area contributed by atoms with Crippen LogP contribution in [0.25, 0.3) is 0 Å². The third-order valence-electron chi connectivity index (χ3n) is 3.17. The third-order valence-corrected chi connectivity index (χ3v) is 3.47. The van der Waals surface area contributed by atoms with Crippen molar-refractivity contribution in [1.29, 1.82) is 0 Å². The molecule has 2 N–H and O–H groups in total. The molecule has 0 fully saturated rings. The number of hydrogen-bond acceptors (Lipinski definition) is 3. The van der Waals surface area contributed by atoms with Gasteiger partial charge in [0.1, 0.15) is 5.82 Å². The van der Waals surface area contributed by atoms with E-state index < -0.39 is 0 Å². The standard InChI is InChI=1S/C15H24ClN3O/c1-3-4-5-6-7-8-9-18-15(20)12-10-14(17-2)19-11-13(12)16/h10-11H,3-9H2,1-2H3,(H,17,19)(H,18,20). The van der Waals surface area contributed by atoms with Gasteiger partial charge in [-0.25, -0.2) is 4.98 Å². The number of carbonyl (C=O) groups excluding carboxylic acids is 1. The minimum Gasteiger partial charge on any atom is -0.373 e. The highest BCUT2D eigenvalue weighted by molar-refractivity contribution is 6.33. The molecular formula is C15H24ClN3O. The molecule has 1 aromatic heterocycles. The van der Waals surface area contributed by atoms with Crippen LogP contribution in [0, 0.1) is 0 Å². The van der Waals surface area contributed by atoms with Gasteiger partial charge in [-0.3, -0.25) is 4.79 Å². The molecule has 0 unspecified atom stereocenters. The molecule has 1 heterocycles. The molecule has 0 bridgehead atoms. The first kappa shape index (κ1) is 16.8. The summed E-state index contributed by atoms with van der Waals surface area (Å²) in [6.45, 7) is 2.90. The van der Waals surface area contributed by atoms with Crippen molar-refractivity contribution in [2.24, 2.45) is 0 Å². The molecule has 0 saturated carbocycles. The summed E-state index contributed by atoms with van der Waals surface area (Å²) in [6.07, 6.45) is 8.74. The van der Waals surface area contributed by atoms with Crippen molar-refractivity contribution < 1.29 is 4.79 Å². The van der Waals surface area contributed by atoms with Crippen LogP contribution >= 0.6 is 11.6 Å². The summed E-state index contributed by atoms with van der Waals surface area (Å²) in [5.74, 6) is 0.501. The summed E-state index contributed by atoms with van der Waals surface area (Å²) in [5, 5.41) is 6.18. The lowest BCUT2D eigenvalue weighted by molar-refractivity contribution is 0.0953. The van der Waals surface area contributed by atoms with Crippen molar-refractivity contribution in [3.63, 3.8) is 0 Å². The number of amides is 1. The van der Waals surface area contributed by atoms with Crippen molar-refractivity contribution in [3.8, 4) is 0 Å². The second kappa shape index (κ2) is 9.59. The maximum atomic E-state index is 12.0. The molecule has 0 aliphatic rings. The first-order chi connectivity index (χ1) is 9.69. The number of aromatic nitrogens is 1. The molecule has 0 aromatic carbocycles. The van der Waals surface area contributed by atoms with Crippen molar-refractivity contribution in [1.82, 2.24) is 10.3 Å². The fourth-order valence-electron chi connectivity index (χ4n) is 1.95. The van der Waals surface area contributed by atoms with Gasteiger partial charge in [0.25, 0.3) is 5.91 Å². The highest BCUT2D eigenvalue weighted by atomic mass is 35.5. The predicted octanol–water partition coefficient (Wildman–Crippen LogP) is 3.87. The Hall–Kier alpha value is -1.29. The van der Waals surface area contributed by atoms with Gasteiger partial charge in [0.2, 0.25) is 0 Å². The zero-order valence-electron chi connectivity index (χ0n) is 12.3. The summed E-state index contributed by atoms with van der Waals surface area (Å²) in [6, 6.07) is 1.67. The number of hydrogen-bond donors (Lipinski definition) is 2. The van der Waals surface area contributed by atoms with Crippen LogP contribution in [0.1, 0.15) is 55.8 Å². The van der Waals surface area contributed by atoms with Crippen molar-refractivity contribution >= 4 is 23.3 Å². The number of nitrogens with zero attached hydrogens (tertiary/aromatic N) is 1. The van der Waals surface area contributed by atoms with Gasteiger partial charge in [0.05, 0.1) is 10.6 Å². The van der Waals surface area contributed by atoms with E-state index in [1.54, 1.807) is 13.1 Å². The third kappa shape index (κ3) is 5.78. The van der Waals surface area contributed by atoms with Gasteiger partial charge in [-0.2, -0.15) is 0 Å². The first-order valence-corrected chi connectivity index (χ1v) is 7.68. The fourth-order valence-corrected chi connectivity index (χ4v) is 2.14. The number of nitrogens with one attached hydrogen (secondary N) is 2. The summed E-state index contributed by atoms with van der Waals surface area (Å²) in [5.41, 5.74) is 0.469. The molecule has 4 nitrogen and oxygen atoms in total. The predicted molar refractivity (Wildman–Crippen MR) is 84.5 cm³/mol. The minimum absolute atomic E-state index is 0.137. The molecule has 0 atom stereocenters. The van der Waals surface area contributed by atoms with Crippen LogP contribution in [-0.2, 0) is 0 Å². The van der Waals surface area contributed by atoms with Gasteiger partial charge in [-0.1, -0.05) is 50.6 Å². The van der Waals surface area contributed by atoms with E-state index >= 15 is 0 Å². The van der Waals surface area contributed by atoms with E-state index in [0.29, 0.717) is 22.9 Å². The zero-order chi connectivity index (χ0) is 14.8. The van der Waals surface area contributed by atoms with Crippen LogP contribution in [-0.4, -0.2) is 24.5 Å². The van der Waals surface area contributed by atoms with Gasteiger partial charge >= 0.3 is 0 Å². The zero-order valence-corrected chi connectivity index (χ0v) is 13.1. The van der Waals surface area contributed by atoms with E-state index in [9.17, 15) is 4.79 Å². The van der Waals surface area contributed by atoms with Crippen LogP contribution < -0.4 is 10.6 Å². The van der Waals surface area contributed by atoms with Crippen LogP contribution in [0.15, 0.2) is 12.3 Å². The van der Waals surface area contributed by atoms with E-state index in [2.05, 4.69) is 22.5 Å². The average Bonchev–Trinajstić information content (AvgIpc) is 2.46. The molecular weight excluding hydrogens is 274 g/mol. The minimum atomic E-state index is -0.137. The Morgan fingerprint density at radius 2 is 1.95 bits per heavy atom. The number of unbranched alkanes of at least 4 members (excludes halogenated alkanes) is 5. The Morgan fingerprint density at radius 1 is 1.25 bits per heavy atom.